The summed E-state index contributed by atoms with van der Waals surface area (Å²) in [6.45, 7) is 0.740. The van der Waals surface area contributed by atoms with Crippen LogP contribution in [0.25, 0.3) is 0 Å². The third-order valence-corrected chi connectivity index (χ3v) is 6.51. The zero-order chi connectivity index (χ0) is 25.2. The minimum absolute atomic E-state index is 0.0980. The third kappa shape index (κ3) is 7.35. The van der Waals surface area contributed by atoms with Gasteiger partial charge >= 0.3 is 5.97 Å². The monoisotopic (exact) mass is 487 g/mol. The lowest BCUT2D eigenvalue weighted by Gasteiger charge is -2.23. The van der Waals surface area contributed by atoms with Gasteiger partial charge in [0, 0.05) is 12.3 Å². The van der Waals surface area contributed by atoms with Crippen LogP contribution >= 0.6 is 0 Å². The molecule has 2 N–H and O–H groups in total. The van der Waals surface area contributed by atoms with Crippen LogP contribution in [0.2, 0.25) is 0 Å². The van der Waals surface area contributed by atoms with Crippen LogP contribution in [0.4, 0.5) is 0 Å². The van der Waals surface area contributed by atoms with E-state index in [9.17, 15) is 14.7 Å². The summed E-state index contributed by atoms with van der Waals surface area (Å²) in [5.74, 6) is -0.188. The molecular formula is C30H33NO5. The predicted octanol–water partition coefficient (Wildman–Crippen LogP) is 5.54. The lowest BCUT2D eigenvalue weighted by Crippen LogP contribution is -2.45. The van der Waals surface area contributed by atoms with Crippen molar-refractivity contribution < 1.29 is 24.2 Å². The largest absolute Gasteiger partial charge is 0.485 e. The Morgan fingerprint density at radius 2 is 1.36 bits per heavy atom. The minimum atomic E-state index is -1.05. The van der Waals surface area contributed by atoms with E-state index in [-0.39, 0.29) is 18.2 Å². The molecule has 6 nitrogen and oxygen atoms in total. The third-order valence-electron chi connectivity index (χ3n) is 6.51. The Morgan fingerprint density at radius 1 is 0.778 bits per heavy atom. The summed E-state index contributed by atoms with van der Waals surface area (Å²) in [6, 6.07) is 24.1. The van der Waals surface area contributed by atoms with Crippen molar-refractivity contribution in [3.8, 4) is 11.5 Å². The Morgan fingerprint density at radius 3 is 1.94 bits per heavy atom. The molecule has 0 radical (unpaired) electrons. The summed E-state index contributed by atoms with van der Waals surface area (Å²) in [5.41, 5.74) is 2.80. The molecule has 1 saturated carbocycles. The molecule has 0 aromatic heterocycles. The smallest absolute Gasteiger partial charge is 0.326 e. The zero-order valence-corrected chi connectivity index (χ0v) is 20.4. The van der Waals surface area contributed by atoms with Crippen molar-refractivity contribution in [3.63, 3.8) is 0 Å². The lowest BCUT2D eigenvalue weighted by molar-refractivity contribution is -0.142. The second kappa shape index (κ2) is 12.8. The van der Waals surface area contributed by atoms with Crippen LogP contribution in [0, 0.1) is 5.92 Å². The summed E-state index contributed by atoms with van der Waals surface area (Å²) in [4.78, 5) is 24.7. The standard InChI is InChI=1S/C30H33NO5/c32-29(25-14-8-3-9-15-25)31-26(30(33)34)18-24-16-17-27(35-20-22-10-4-1-5-11-22)28(19-24)36-21-23-12-6-2-7-13-23/h1-2,4-7,10-13,16-17,19,25-26H,3,8-9,14-15,18,20-21H2,(H,31,32)(H,33,34)/t26-/m0/s1. The second-order valence-corrected chi connectivity index (χ2v) is 9.27. The first-order valence-corrected chi connectivity index (χ1v) is 12.6. The molecule has 36 heavy (non-hydrogen) atoms. The number of hydrogen-bond acceptors (Lipinski definition) is 4. The van der Waals surface area contributed by atoms with Crippen molar-refractivity contribution in [1.29, 1.82) is 0 Å². The molecule has 1 aliphatic carbocycles. The van der Waals surface area contributed by atoms with Gasteiger partial charge in [0.15, 0.2) is 11.5 Å². The molecule has 0 aliphatic heterocycles. The van der Waals surface area contributed by atoms with E-state index in [1.807, 2.05) is 72.8 Å². The highest BCUT2D eigenvalue weighted by Gasteiger charge is 2.27. The van der Waals surface area contributed by atoms with E-state index < -0.39 is 12.0 Å². The van der Waals surface area contributed by atoms with Crippen molar-refractivity contribution >= 4 is 11.9 Å². The van der Waals surface area contributed by atoms with Gasteiger partial charge in [0.25, 0.3) is 0 Å². The van der Waals surface area contributed by atoms with Crippen LogP contribution < -0.4 is 14.8 Å². The van der Waals surface area contributed by atoms with Gasteiger partial charge in [0.2, 0.25) is 5.91 Å². The molecule has 1 fully saturated rings. The maximum atomic E-state index is 12.7. The molecule has 0 heterocycles. The quantitative estimate of drug-likeness (QED) is 0.371. The summed E-state index contributed by atoms with van der Waals surface area (Å²) >= 11 is 0. The Balaban J connectivity index is 1.48. The Labute approximate surface area is 212 Å². The number of carboxylic acids is 1. The number of nitrogens with one attached hydrogen (secondary N) is 1. The number of benzene rings is 3. The van der Waals surface area contributed by atoms with Gasteiger partial charge in [-0.25, -0.2) is 4.79 Å². The van der Waals surface area contributed by atoms with Crippen molar-refractivity contribution in [1.82, 2.24) is 5.32 Å². The first-order chi connectivity index (χ1) is 17.6. The average molecular weight is 488 g/mol. The van der Waals surface area contributed by atoms with E-state index in [1.165, 1.54) is 0 Å². The van der Waals surface area contributed by atoms with E-state index in [0.29, 0.717) is 24.7 Å². The molecule has 3 aromatic carbocycles. The molecule has 0 bridgehead atoms. The average Bonchev–Trinajstić information content (AvgIpc) is 2.92. The van der Waals surface area contributed by atoms with Crippen LogP contribution in [0.1, 0.15) is 48.8 Å². The Kier molecular flexibility index (Phi) is 8.98. The molecule has 0 saturated heterocycles. The maximum Gasteiger partial charge on any atom is 0.326 e. The number of ether oxygens (including phenoxy) is 2. The SMILES string of the molecule is O=C(N[C@@H](Cc1ccc(OCc2ccccc2)c(OCc2ccccc2)c1)C(=O)O)C1CCCCC1. The predicted molar refractivity (Wildman–Crippen MR) is 138 cm³/mol. The fourth-order valence-corrected chi connectivity index (χ4v) is 4.47. The number of aliphatic carboxylic acids is 1. The first kappa shape index (κ1) is 25.3. The summed E-state index contributed by atoms with van der Waals surface area (Å²) in [6.07, 6.45) is 4.97. The van der Waals surface area contributed by atoms with Crippen LogP contribution in [0.5, 0.6) is 11.5 Å². The molecule has 188 valence electrons. The first-order valence-electron chi connectivity index (χ1n) is 12.6. The normalized spacial score (nSPS) is 14.6. The van der Waals surface area contributed by atoms with E-state index in [1.54, 1.807) is 6.07 Å². The number of amides is 1. The molecule has 3 aromatic rings. The van der Waals surface area contributed by atoms with E-state index >= 15 is 0 Å². The van der Waals surface area contributed by atoms with Gasteiger partial charge in [0.05, 0.1) is 0 Å². The number of carbonyl (C=O) groups excluding carboxylic acids is 1. The summed E-state index contributed by atoms with van der Waals surface area (Å²) in [7, 11) is 0. The number of carbonyl (C=O) groups is 2. The summed E-state index contributed by atoms with van der Waals surface area (Å²) in [5, 5.41) is 12.6. The van der Waals surface area contributed by atoms with Gasteiger partial charge in [-0.05, 0) is 41.7 Å². The minimum Gasteiger partial charge on any atom is -0.485 e. The fraction of sp³-hybridized carbons (Fsp3) is 0.333. The topological polar surface area (TPSA) is 84.9 Å². The summed E-state index contributed by atoms with van der Waals surface area (Å²) < 4.78 is 12.2. The van der Waals surface area contributed by atoms with E-state index in [4.69, 9.17) is 9.47 Å². The molecule has 1 aliphatic rings. The van der Waals surface area contributed by atoms with Gasteiger partial charge in [-0.15, -0.1) is 0 Å². The second-order valence-electron chi connectivity index (χ2n) is 9.27. The molecule has 6 heteroatoms. The molecule has 1 amide bonds. The van der Waals surface area contributed by atoms with Crippen LogP contribution in [-0.4, -0.2) is 23.0 Å². The Bertz CT molecular complexity index is 1130. The molecule has 0 unspecified atom stereocenters. The van der Waals surface area contributed by atoms with Gasteiger partial charge in [0.1, 0.15) is 19.3 Å². The number of carboxylic acid groups (broad SMARTS) is 1. The van der Waals surface area contributed by atoms with E-state index in [2.05, 4.69) is 5.32 Å². The van der Waals surface area contributed by atoms with Crippen molar-refractivity contribution in [2.75, 3.05) is 0 Å². The lowest BCUT2D eigenvalue weighted by atomic mass is 9.88. The zero-order valence-electron chi connectivity index (χ0n) is 20.4. The number of hydrogen-bond donors (Lipinski definition) is 2. The van der Waals surface area contributed by atoms with Crippen molar-refractivity contribution in [2.45, 2.75) is 57.8 Å². The highest BCUT2D eigenvalue weighted by molar-refractivity contribution is 5.85. The van der Waals surface area contributed by atoms with Crippen molar-refractivity contribution in [2.24, 2.45) is 5.92 Å². The maximum absolute atomic E-state index is 12.7. The highest BCUT2D eigenvalue weighted by atomic mass is 16.5. The van der Waals surface area contributed by atoms with Gasteiger partial charge in [-0.3, -0.25) is 4.79 Å². The van der Waals surface area contributed by atoms with Crippen LogP contribution in [0.15, 0.2) is 78.9 Å². The Hall–Kier alpha value is -3.80. The van der Waals surface area contributed by atoms with Crippen molar-refractivity contribution in [3.05, 3.63) is 95.6 Å². The molecule has 4 rings (SSSR count). The number of rotatable bonds is 11. The van der Waals surface area contributed by atoms with Gasteiger partial charge in [-0.1, -0.05) is 86.0 Å². The molecule has 1 atom stereocenters. The van der Waals surface area contributed by atoms with Gasteiger partial charge < -0.3 is 19.9 Å². The van der Waals surface area contributed by atoms with Crippen LogP contribution in [-0.2, 0) is 29.2 Å². The molecule has 0 spiro atoms. The molecular weight excluding hydrogens is 454 g/mol. The van der Waals surface area contributed by atoms with Gasteiger partial charge in [-0.2, -0.15) is 0 Å². The van der Waals surface area contributed by atoms with E-state index in [0.717, 1.165) is 48.8 Å². The highest BCUT2D eigenvalue weighted by Crippen LogP contribution is 2.31. The van der Waals surface area contributed by atoms with Crippen LogP contribution in [0.3, 0.4) is 0 Å². The fourth-order valence-electron chi connectivity index (χ4n) is 4.47.